The van der Waals surface area contributed by atoms with Gasteiger partial charge in [-0.25, -0.2) is 0 Å². The first-order valence-electron chi connectivity index (χ1n) is 4.80. The summed E-state index contributed by atoms with van der Waals surface area (Å²) >= 11 is 3.39. The molecule has 0 unspecified atom stereocenters. The van der Waals surface area contributed by atoms with Crippen molar-refractivity contribution in [2.75, 3.05) is 5.33 Å². The second-order valence-corrected chi connectivity index (χ2v) is 4.25. The predicted octanol–water partition coefficient (Wildman–Crippen LogP) is 3.04. The van der Waals surface area contributed by atoms with Gasteiger partial charge in [0.05, 0.1) is 5.39 Å². The molecule has 0 saturated carbocycles. The molecule has 0 N–H and O–H groups in total. The number of alkyl halides is 1. The van der Waals surface area contributed by atoms with E-state index in [1.165, 1.54) is 6.07 Å². The highest BCUT2D eigenvalue weighted by Crippen LogP contribution is 2.18. The Morgan fingerprint density at radius 2 is 2.20 bits per heavy atom. The molecule has 0 aliphatic heterocycles. The summed E-state index contributed by atoms with van der Waals surface area (Å²) in [5.41, 5.74) is 1.83. The smallest absolute Gasteiger partial charge is 0.192 e. The average Bonchev–Trinajstić information content (AvgIpc) is 2.19. The number of benzene rings is 1. The number of fused-ring (bicyclic) bond motifs is 1. The van der Waals surface area contributed by atoms with Gasteiger partial charge < -0.3 is 4.42 Å². The Balaban J connectivity index is 2.79. The van der Waals surface area contributed by atoms with Crippen molar-refractivity contribution in [3.8, 4) is 0 Å². The number of rotatable bonds is 2. The minimum Gasteiger partial charge on any atom is -0.461 e. The highest BCUT2D eigenvalue weighted by atomic mass is 79.9. The van der Waals surface area contributed by atoms with Crippen LogP contribution in [0.5, 0.6) is 0 Å². The zero-order valence-electron chi connectivity index (χ0n) is 8.42. The van der Waals surface area contributed by atoms with E-state index >= 15 is 0 Å². The Hall–Kier alpha value is -1.09. The maximum Gasteiger partial charge on any atom is 0.192 e. The fourth-order valence-corrected chi connectivity index (χ4v) is 2.08. The van der Waals surface area contributed by atoms with Crippen LogP contribution >= 0.6 is 15.9 Å². The number of aryl methyl sites for hydroxylation is 2. The molecule has 1 heterocycles. The number of hydrogen-bond donors (Lipinski definition) is 0. The summed E-state index contributed by atoms with van der Waals surface area (Å²) < 4.78 is 5.61. The maximum atomic E-state index is 11.7. The number of halogens is 1. The molecule has 0 spiro atoms. The Bertz CT molecular complexity index is 543. The Morgan fingerprint density at radius 3 is 2.93 bits per heavy atom. The molecular formula is C12H11BrO2. The average molecular weight is 267 g/mol. The molecule has 0 saturated heterocycles. The molecule has 0 atom stereocenters. The predicted molar refractivity (Wildman–Crippen MR) is 64.7 cm³/mol. The van der Waals surface area contributed by atoms with E-state index in [4.69, 9.17) is 4.42 Å². The first kappa shape index (κ1) is 10.4. The van der Waals surface area contributed by atoms with E-state index in [1.54, 1.807) is 13.0 Å². The third kappa shape index (κ3) is 1.97. The van der Waals surface area contributed by atoms with Gasteiger partial charge in [0.25, 0.3) is 0 Å². The maximum absolute atomic E-state index is 11.7. The molecule has 2 rings (SSSR count). The van der Waals surface area contributed by atoms with Gasteiger partial charge in [-0.05, 0) is 25.0 Å². The standard InChI is InChI=1S/C12H11BrO2/c1-8-7-11(14)10-4-2-3-9(5-6-13)12(10)15-8/h2-4,7H,5-6H2,1H3. The molecule has 2 nitrogen and oxygen atoms in total. The van der Waals surface area contributed by atoms with Gasteiger partial charge in [0.1, 0.15) is 11.3 Å². The van der Waals surface area contributed by atoms with Gasteiger partial charge >= 0.3 is 0 Å². The summed E-state index contributed by atoms with van der Waals surface area (Å²) in [6, 6.07) is 7.22. The topological polar surface area (TPSA) is 30.2 Å². The van der Waals surface area contributed by atoms with E-state index in [2.05, 4.69) is 15.9 Å². The highest BCUT2D eigenvalue weighted by Gasteiger charge is 2.06. The van der Waals surface area contributed by atoms with Gasteiger partial charge in [0.2, 0.25) is 0 Å². The molecule has 0 aliphatic carbocycles. The second kappa shape index (κ2) is 4.19. The summed E-state index contributed by atoms with van der Waals surface area (Å²) in [5, 5.41) is 1.53. The molecule has 0 bridgehead atoms. The van der Waals surface area contributed by atoms with Crippen LogP contribution in [0.25, 0.3) is 11.0 Å². The van der Waals surface area contributed by atoms with Crippen molar-refractivity contribution >= 4 is 26.9 Å². The normalized spacial score (nSPS) is 10.8. The van der Waals surface area contributed by atoms with Gasteiger partial charge in [-0.3, -0.25) is 4.79 Å². The van der Waals surface area contributed by atoms with Crippen molar-refractivity contribution in [1.82, 2.24) is 0 Å². The van der Waals surface area contributed by atoms with Crippen LogP contribution in [-0.2, 0) is 6.42 Å². The van der Waals surface area contributed by atoms with Crippen LogP contribution in [0.15, 0.2) is 33.5 Å². The van der Waals surface area contributed by atoms with Gasteiger partial charge in [-0.2, -0.15) is 0 Å². The lowest BCUT2D eigenvalue weighted by molar-refractivity contribution is 0.561. The summed E-state index contributed by atoms with van der Waals surface area (Å²) in [6.45, 7) is 1.80. The second-order valence-electron chi connectivity index (χ2n) is 3.45. The SMILES string of the molecule is Cc1cc(=O)c2cccc(CCBr)c2o1. The van der Waals surface area contributed by atoms with E-state index in [0.29, 0.717) is 11.1 Å². The minimum atomic E-state index is 0.0326. The molecule has 0 radical (unpaired) electrons. The molecule has 0 aliphatic rings. The molecule has 1 aromatic heterocycles. The third-order valence-corrected chi connectivity index (χ3v) is 2.72. The minimum absolute atomic E-state index is 0.0326. The Kier molecular flexibility index (Phi) is 2.91. The van der Waals surface area contributed by atoms with Crippen LogP contribution in [0.3, 0.4) is 0 Å². The molecule has 0 amide bonds. The van der Waals surface area contributed by atoms with E-state index in [0.717, 1.165) is 22.9 Å². The van der Waals surface area contributed by atoms with Crippen molar-refractivity contribution in [1.29, 1.82) is 0 Å². The van der Waals surface area contributed by atoms with Crippen molar-refractivity contribution in [3.63, 3.8) is 0 Å². The van der Waals surface area contributed by atoms with E-state index in [9.17, 15) is 4.79 Å². The fraction of sp³-hybridized carbons (Fsp3) is 0.250. The van der Waals surface area contributed by atoms with Crippen molar-refractivity contribution < 1.29 is 4.42 Å². The molecular weight excluding hydrogens is 256 g/mol. The quantitative estimate of drug-likeness (QED) is 0.783. The largest absolute Gasteiger partial charge is 0.461 e. The highest BCUT2D eigenvalue weighted by molar-refractivity contribution is 9.09. The molecule has 2 aromatic rings. The zero-order valence-corrected chi connectivity index (χ0v) is 10.0. The monoisotopic (exact) mass is 266 g/mol. The van der Waals surface area contributed by atoms with Crippen LogP contribution < -0.4 is 5.43 Å². The van der Waals surface area contributed by atoms with Gasteiger partial charge in [0, 0.05) is 11.4 Å². The molecule has 15 heavy (non-hydrogen) atoms. The fourth-order valence-electron chi connectivity index (χ4n) is 1.65. The summed E-state index contributed by atoms with van der Waals surface area (Å²) in [7, 11) is 0. The molecule has 3 heteroatoms. The summed E-state index contributed by atoms with van der Waals surface area (Å²) in [4.78, 5) is 11.7. The summed E-state index contributed by atoms with van der Waals surface area (Å²) in [5.74, 6) is 0.662. The van der Waals surface area contributed by atoms with E-state index in [1.807, 2.05) is 12.1 Å². The summed E-state index contributed by atoms with van der Waals surface area (Å²) in [6.07, 6.45) is 0.865. The van der Waals surface area contributed by atoms with Crippen LogP contribution in [0, 0.1) is 6.92 Å². The van der Waals surface area contributed by atoms with Crippen molar-refractivity contribution in [3.05, 3.63) is 45.8 Å². The van der Waals surface area contributed by atoms with Gasteiger partial charge in [0.15, 0.2) is 5.43 Å². The van der Waals surface area contributed by atoms with Crippen molar-refractivity contribution in [2.45, 2.75) is 13.3 Å². The lowest BCUT2D eigenvalue weighted by Crippen LogP contribution is -2.02. The Morgan fingerprint density at radius 1 is 1.40 bits per heavy atom. The van der Waals surface area contributed by atoms with Crippen LogP contribution in [-0.4, -0.2) is 5.33 Å². The van der Waals surface area contributed by atoms with E-state index < -0.39 is 0 Å². The molecule has 78 valence electrons. The van der Waals surface area contributed by atoms with Crippen LogP contribution in [0.4, 0.5) is 0 Å². The number of hydrogen-bond acceptors (Lipinski definition) is 2. The third-order valence-electron chi connectivity index (χ3n) is 2.32. The van der Waals surface area contributed by atoms with E-state index in [-0.39, 0.29) is 5.43 Å². The molecule has 0 fully saturated rings. The zero-order chi connectivity index (χ0) is 10.8. The lowest BCUT2D eigenvalue weighted by Gasteiger charge is -2.03. The lowest BCUT2D eigenvalue weighted by atomic mass is 10.1. The Labute approximate surface area is 96.0 Å². The van der Waals surface area contributed by atoms with Gasteiger partial charge in [-0.15, -0.1) is 0 Å². The van der Waals surface area contributed by atoms with Crippen molar-refractivity contribution in [2.24, 2.45) is 0 Å². The first-order valence-corrected chi connectivity index (χ1v) is 5.93. The number of para-hydroxylation sites is 1. The van der Waals surface area contributed by atoms with Gasteiger partial charge in [-0.1, -0.05) is 28.1 Å². The molecule has 1 aromatic carbocycles. The van der Waals surface area contributed by atoms with Crippen LogP contribution in [0.2, 0.25) is 0 Å². The van der Waals surface area contributed by atoms with Crippen LogP contribution in [0.1, 0.15) is 11.3 Å². The first-order chi connectivity index (χ1) is 7.22.